The van der Waals surface area contributed by atoms with Gasteiger partial charge in [-0.2, -0.15) is 0 Å². The van der Waals surface area contributed by atoms with Gasteiger partial charge in [0.15, 0.2) is 0 Å². The molecule has 0 saturated heterocycles. The minimum absolute atomic E-state index is 0.357. The molecular weight excluding hydrogens is 288 g/mol. The zero-order valence-electron chi connectivity index (χ0n) is 10.9. The summed E-state index contributed by atoms with van der Waals surface area (Å²) in [6.07, 6.45) is 0. The van der Waals surface area contributed by atoms with Gasteiger partial charge in [0.1, 0.15) is 4.99 Å². The summed E-state index contributed by atoms with van der Waals surface area (Å²) in [5.41, 5.74) is 10.8. The number of nitrogens with one attached hydrogen (secondary N) is 1. The highest BCUT2D eigenvalue weighted by Gasteiger charge is 2.17. The number of hydrogen-bond acceptors (Lipinski definition) is 1. The van der Waals surface area contributed by atoms with Gasteiger partial charge in [0.2, 0.25) is 0 Å². The third kappa shape index (κ3) is 1.99. The zero-order valence-corrected chi connectivity index (χ0v) is 12.5. The number of benzene rings is 2. The van der Waals surface area contributed by atoms with Crippen molar-refractivity contribution in [1.82, 2.24) is 4.98 Å². The molecule has 0 bridgehead atoms. The van der Waals surface area contributed by atoms with Gasteiger partial charge in [-0.1, -0.05) is 54.2 Å². The van der Waals surface area contributed by atoms with Crippen molar-refractivity contribution in [3.63, 3.8) is 0 Å². The fourth-order valence-corrected chi connectivity index (χ4v) is 2.82. The van der Waals surface area contributed by atoms with Crippen molar-refractivity contribution < 1.29 is 0 Å². The van der Waals surface area contributed by atoms with E-state index in [2.05, 4.69) is 4.98 Å². The Morgan fingerprint density at radius 3 is 2.50 bits per heavy atom. The molecule has 2 aromatic carbocycles. The molecule has 1 heterocycles. The monoisotopic (exact) mass is 300 g/mol. The Bertz CT molecular complexity index is 806. The number of thiocarbonyl (C=S) groups is 1. The number of nitrogens with two attached hydrogens (primary N) is 1. The number of halogens is 1. The van der Waals surface area contributed by atoms with E-state index < -0.39 is 0 Å². The van der Waals surface area contributed by atoms with Gasteiger partial charge in [0, 0.05) is 21.5 Å². The average Bonchev–Trinajstić information content (AvgIpc) is 2.84. The predicted molar refractivity (Wildman–Crippen MR) is 89.4 cm³/mol. The summed E-state index contributed by atoms with van der Waals surface area (Å²) in [7, 11) is 0. The van der Waals surface area contributed by atoms with Gasteiger partial charge in [0.05, 0.1) is 5.69 Å². The van der Waals surface area contributed by atoms with Crippen LogP contribution in [0.3, 0.4) is 0 Å². The molecule has 3 rings (SSSR count). The van der Waals surface area contributed by atoms with Crippen molar-refractivity contribution in [3.05, 3.63) is 58.7 Å². The quantitative estimate of drug-likeness (QED) is 0.687. The first kappa shape index (κ1) is 13.2. The Labute approximate surface area is 127 Å². The van der Waals surface area contributed by atoms with Crippen molar-refractivity contribution in [1.29, 1.82) is 0 Å². The molecule has 3 N–H and O–H groups in total. The van der Waals surface area contributed by atoms with Crippen LogP contribution in [-0.2, 0) is 0 Å². The Morgan fingerprint density at radius 2 is 1.85 bits per heavy atom. The van der Waals surface area contributed by atoms with E-state index in [1.807, 2.05) is 49.4 Å². The minimum Gasteiger partial charge on any atom is -0.388 e. The summed E-state index contributed by atoms with van der Waals surface area (Å²) in [6.45, 7) is 2.01. The second kappa shape index (κ2) is 4.93. The highest BCUT2D eigenvalue weighted by atomic mass is 35.5. The highest BCUT2D eigenvalue weighted by Crippen LogP contribution is 2.36. The van der Waals surface area contributed by atoms with Gasteiger partial charge < -0.3 is 10.7 Å². The lowest BCUT2D eigenvalue weighted by molar-refractivity contribution is 1.42. The van der Waals surface area contributed by atoms with Gasteiger partial charge in [-0.15, -0.1) is 0 Å². The molecule has 1 aromatic heterocycles. The van der Waals surface area contributed by atoms with E-state index in [-0.39, 0.29) is 0 Å². The van der Waals surface area contributed by atoms with Crippen molar-refractivity contribution in [3.8, 4) is 11.1 Å². The van der Waals surface area contributed by atoms with E-state index in [1.165, 1.54) is 0 Å². The highest BCUT2D eigenvalue weighted by molar-refractivity contribution is 7.80. The molecule has 0 saturated carbocycles. The van der Waals surface area contributed by atoms with E-state index in [4.69, 9.17) is 29.6 Å². The molecule has 0 amide bonds. The third-order valence-corrected chi connectivity index (χ3v) is 4.08. The van der Waals surface area contributed by atoms with Gasteiger partial charge in [-0.25, -0.2) is 0 Å². The summed E-state index contributed by atoms with van der Waals surface area (Å²) in [5, 5.41) is 1.81. The van der Waals surface area contributed by atoms with Crippen LogP contribution in [0.1, 0.15) is 11.3 Å². The summed E-state index contributed by atoms with van der Waals surface area (Å²) >= 11 is 11.4. The normalized spacial score (nSPS) is 10.9. The molecule has 0 aliphatic heterocycles. The maximum absolute atomic E-state index is 6.26. The van der Waals surface area contributed by atoms with Crippen molar-refractivity contribution >= 4 is 39.7 Å². The second-order valence-corrected chi connectivity index (χ2v) is 5.55. The van der Waals surface area contributed by atoms with E-state index >= 15 is 0 Å². The summed E-state index contributed by atoms with van der Waals surface area (Å²) in [4.78, 5) is 3.66. The van der Waals surface area contributed by atoms with E-state index in [0.29, 0.717) is 4.99 Å². The lowest BCUT2D eigenvalue weighted by Gasteiger charge is -2.06. The van der Waals surface area contributed by atoms with Gasteiger partial charge in [0.25, 0.3) is 0 Å². The predicted octanol–water partition coefficient (Wildman–Crippen LogP) is 4.43. The van der Waals surface area contributed by atoms with Crippen LogP contribution in [0, 0.1) is 6.92 Å². The first-order valence-corrected chi connectivity index (χ1v) is 7.04. The smallest absolute Gasteiger partial charge is 0.121 e. The van der Waals surface area contributed by atoms with Crippen molar-refractivity contribution in [2.45, 2.75) is 6.92 Å². The summed E-state index contributed by atoms with van der Waals surface area (Å²) in [5.74, 6) is 0. The topological polar surface area (TPSA) is 41.8 Å². The van der Waals surface area contributed by atoms with Crippen LogP contribution in [0.4, 0.5) is 0 Å². The van der Waals surface area contributed by atoms with Crippen LogP contribution in [0.2, 0.25) is 5.02 Å². The summed E-state index contributed by atoms with van der Waals surface area (Å²) in [6, 6.07) is 13.9. The Morgan fingerprint density at radius 1 is 1.15 bits per heavy atom. The third-order valence-electron chi connectivity index (χ3n) is 3.47. The fourth-order valence-electron chi connectivity index (χ4n) is 2.51. The molecular formula is C16H13ClN2S. The number of rotatable bonds is 2. The molecule has 0 radical (unpaired) electrons. The molecule has 0 fully saturated rings. The van der Waals surface area contributed by atoms with Crippen LogP contribution in [0.15, 0.2) is 42.5 Å². The maximum Gasteiger partial charge on any atom is 0.121 e. The lowest BCUT2D eigenvalue weighted by Crippen LogP contribution is -2.10. The molecule has 0 aliphatic rings. The molecule has 0 spiro atoms. The molecule has 20 heavy (non-hydrogen) atoms. The Balaban J connectivity index is 2.46. The summed E-state index contributed by atoms with van der Waals surface area (Å²) < 4.78 is 0. The maximum atomic E-state index is 6.26. The molecule has 2 nitrogen and oxygen atoms in total. The van der Waals surface area contributed by atoms with E-state index in [1.54, 1.807) is 0 Å². The molecule has 0 aliphatic carbocycles. The van der Waals surface area contributed by atoms with E-state index in [0.717, 1.165) is 38.3 Å². The molecule has 0 atom stereocenters. The zero-order chi connectivity index (χ0) is 14.3. The first-order valence-electron chi connectivity index (χ1n) is 6.25. The first-order chi connectivity index (χ1) is 9.59. The average molecular weight is 301 g/mol. The van der Waals surface area contributed by atoms with Crippen LogP contribution in [0.5, 0.6) is 0 Å². The molecule has 4 heteroatoms. The van der Waals surface area contributed by atoms with Crippen LogP contribution < -0.4 is 5.73 Å². The lowest BCUT2D eigenvalue weighted by atomic mass is 9.99. The number of H-pyrrole nitrogens is 1. The second-order valence-electron chi connectivity index (χ2n) is 4.70. The van der Waals surface area contributed by atoms with Crippen LogP contribution in [0.25, 0.3) is 22.0 Å². The number of hydrogen-bond donors (Lipinski definition) is 2. The standard InChI is InChI=1S/C16H13ClN2S/c1-9-11(17)7-8-12-13(9)14(15(19-12)16(18)20)10-5-3-2-4-6-10/h2-8,19H,1H3,(H2,18,20). The van der Waals surface area contributed by atoms with Crippen LogP contribution >= 0.6 is 23.8 Å². The number of aromatic nitrogens is 1. The molecule has 100 valence electrons. The number of aromatic amines is 1. The van der Waals surface area contributed by atoms with Gasteiger partial charge in [-0.05, 0) is 30.2 Å². The largest absolute Gasteiger partial charge is 0.388 e. The van der Waals surface area contributed by atoms with Crippen molar-refractivity contribution in [2.24, 2.45) is 5.73 Å². The SMILES string of the molecule is Cc1c(Cl)ccc2[nH]c(C(N)=S)c(-c3ccccc3)c12. The van der Waals surface area contributed by atoms with Gasteiger partial charge in [-0.3, -0.25) is 0 Å². The minimum atomic E-state index is 0.357. The van der Waals surface area contributed by atoms with Crippen molar-refractivity contribution in [2.75, 3.05) is 0 Å². The van der Waals surface area contributed by atoms with Gasteiger partial charge >= 0.3 is 0 Å². The molecule has 0 unspecified atom stereocenters. The fraction of sp³-hybridized carbons (Fsp3) is 0.0625. The van der Waals surface area contributed by atoms with E-state index in [9.17, 15) is 0 Å². The Hall–Kier alpha value is -1.84. The van der Waals surface area contributed by atoms with Crippen LogP contribution in [-0.4, -0.2) is 9.97 Å². The Kier molecular flexibility index (Phi) is 3.24. The number of fused-ring (bicyclic) bond motifs is 1. The molecule has 3 aromatic rings. The number of aryl methyl sites for hydroxylation is 1.